The summed E-state index contributed by atoms with van der Waals surface area (Å²) in [6.45, 7) is 2.09. The molecule has 16 heavy (non-hydrogen) atoms. The van der Waals surface area contributed by atoms with Gasteiger partial charge in [-0.15, -0.1) is 0 Å². The van der Waals surface area contributed by atoms with E-state index in [2.05, 4.69) is 53.2 Å². The number of benzene rings is 1. The average Bonchev–Trinajstić information content (AvgIpc) is 2.76. The number of rotatable bonds is 4. The van der Waals surface area contributed by atoms with Gasteiger partial charge in [0.1, 0.15) is 11.5 Å². The number of hydrogen-bond donors (Lipinski definition) is 0. The van der Waals surface area contributed by atoms with Crippen LogP contribution in [0.4, 0.5) is 0 Å². The molecule has 2 aromatic rings. The first-order chi connectivity index (χ1) is 7.79. The molecule has 0 fully saturated rings. The van der Waals surface area contributed by atoms with E-state index in [1.165, 1.54) is 5.56 Å². The van der Waals surface area contributed by atoms with Crippen molar-refractivity contribution < 1.29 is 4.42 Å². The van der Waals surface area contributed by atoms with Crippen molar-refractivity contribution in [3.63, 3.8) is 0 Å². The van der Waals surface area contributed by atoms with Gasteiger partial charge in [0.25, 0.3) is 0 Å². The Labute approximate surface area is 105 Å². The predicted octanol–water partition coefficient (Wildman–Crippen LogP) is 4.58. The van der Waals surface area contributed by atoms with Gasteiger partial charge in [-0.2, -0.15) is 0 Å². The normalized spacial score (nSPS) is 10.6. The van der Waals surface area contributed by atoms with Crippen LogP contribution in [0.3, 0.4) is 0 Å². The summed E-state index contributed by atoms with van der Waals surface area (Å²) in [5.74, 6) is 2.03. The van der Waals surface area contributed by atoms with E-state index in [0.717, 1.165) is 35.3 Å². The van der Waals surface area contributed by atoms with Crippen LogP contribution < -0.4 is 0 Å². The monoisotopic (exact) mass is 278 g/mol. The zero-order valence-corrected chi connectivity index (χ0v) is 11.0. The second-order valence-corrected chi connectivity index (χ2v) is 4.72. The standard InChI is InChI=1S/C14H15BrO/c1-11-4-6-12(7-5-11)14-9-8-13(16-14)3-2-10-15/h4-9H,2-3,10H2,1H3. The Bertz CT molecular complexity index is 442. The first kappa shape index (κ1) is 11.5. The Kier molecular flexibility index (Phi) is 3.83. The molecule has 0 radical (unpaired) electrons. The molecule has 0 aliphatic rings. The van der Waals surface area contributed by atoms with Crippen molar-refractivity contribution in [3.05, 3.63) is 47.7 Å². The van der Waals surface area contributed by atoms with Gasteiger partial charge in [-0.05, 0) is 25.5 Å². The van der Waals surface area contributed by atoms with Gasteiger partial charge >= 0.3 is 0 Å². The highest BCUT2D eigenvalue weighted by atomic mass is 79.9. The molecule has 0 unspecified atom stereocenters. The molecule has 0 atom stereocenters. The molecule has 1 heterocycles. The summed E-state index contributed by atoms with van der Waals surface area (Å²) in [4.78, 5) is 0. The molecular weight excluding hydrogens is 264 g/mol. The molecule has 2 heteroatoms. The minimum atomic E-state index is 0.963. The van der Waals surface area contributed by atoms with Crippen LogP contribution in [0.1, 0.15) is 17.7 Å². The summed E-state index contributed by atoms with van der Waals surface area (Å²) in [6.07, 6.45) is 2.11. The Balaban J connectivity index is 2.15. The van der Waals surface area contributed by atoms with Crippen LogP contribution in [0.5, 0.6) is 0 Å². The van der Waals surface area contributed by atoms with Gasteiger partial charge in [0, 0.05) is 17.3 Å². The van der Waals surface area contributed by atoms with Gasteiger partial charge < -0.3 is 4.42 Å². The van der Waals surface area contributed by atoms with Crippen LogP contribution in [0.25, 0.3) is 11.3 Å². The Morgan fingerprint density at radius 2 is 1.81 bits per heavy atom. The summed E-state index contributed by atoms with van der Waals surface area (Å²) < 4.78 is 5.79. The number of alkyl halides is 1. The fraction of sp³-hybridized carbons (Fsp3) is 0.286. The summed E-state index contributed by atoms with van der Waals surface area (Å²) in [7, 11) is 0. The van der Waals surface area contributed by atoms with Gasteiger partial charge in [0.2, 0.25) is 0 Å². The zero-order valence-electron chi connectivity index (χ0n) is 9.37. The van der Waals surface area contributed by atoms with E-state index >= 15 is 0 Å². The Hall–Kier alpha value is -1.02. The van der Waals surface area contributed by atoms with Crippen LogP contribution in [-0.4, -0.2) is 5.33 Å². The highest BCUT2D eigenvalue weighted by Crippen LogP contribution is 2.23. The van der Waals surface area contributed by atoms with Crippen LogP contribution >= 0.6 is 15.9 Å². The molecule has 0 N–H and O–H groups in total. The lowest BCUT2D eigenvalue weighted by molar-refractivity contribution is 0.520. The average molecular weight is 279 g/mol. The highest BCUT2D eigenvalue weighted by molar-refractivity contribution is 9.09. The van der Waals surface area contributed by atoms with E-state index < -0.39 is 0 Å². The van der Waals surface area contributed by atoms with Crippen molar-refractivity contribution in [2.45, 2.75) is 19.8 Å². The molecular formula is C14H15BrO. The minimum absolute atomic E-state index is 0.963. The van der Waals surface area contributed by atoms with Crippen molar-refractivity contribution in [1.82, 2.24) is 0 Å². The van der Waals surface area contributed by atoms with E-state index in [9.17, 15) is 0 Å². The molecule has 0 saturated carbocycles. The quantitative estimate of drug-likeness (QED) is 0.746. The van der Waals surface area contributed by atoms with Crippen LogP contribution in [0, 0.1) is 6.92 Å². The molecule has 0 spiro atoms. The zero-order chi connectivity index (χ0) is 11.4. The predicted molar refractivity (Wildman–Crippen MR) is 71.0 cm³/mol. The van der Waals surface area contributed by atoms with Crippen LogP contribution in [0.15, 0.2) is 40.8 Å². The molecule has 1 nitrogen and oxygen atoms in total. The van der Waals surface area contributed by atoms with E-state index in [1.807, 2.05) is 6.07 Å². The summed E-state index contributed by atoms with van der Waals surface area (Å²) in [5, 5.41) is 1.02. The molecule has 84 valence electrons. The molecule has 1 aromatic carbocycles. The highest BCUT2D eigenvalue weighted by Gasteiger charge is 2.03. The van der Waals surface area contributed by atoms with Gasteiger partial charge in [0.15, 0.2) is 0 Å². The molecule has 0 aliphatic heterocycles. The van der Waals surface area contributed by atoms with Crippen molar-refractivity contribution in [1.29, 1.82) is 0 Å². The number of halogens is 1. The van der Waals surface area contributed by atoms with E-state index in [-0.39, 0.29) is 0 Å². The van der Waals surface area contributed by atoms with Crippen molar-refractivity contribution in [3.8, 4) is 11.3 Å². The summed E-state index contributed by atoms with van der Waals surface area (Å²) in [6, 6.07) is 12.5. The van der Waals surface area contributed by atoms with Crippen LogP contribution in [0.2, 0.25) is 0 Å². The lowest BCUT2D eigenvalue weighted by Crippen LogP contribution is -1.81. The first-order valence-corrected chi connectivity index (χ1v) is 6.63. The third kappa shape index (κ3) is 2.76. The molecule has 2 rings (SSSR count). The topological polar surface area (TPSA) is 13.1 Å². The number of furan rings is 1. The lowest BCUT2D eigenvalue weighted by Gasteiger charge is -1.98. The second kappa shape index (κ2) is 5.35. The molecule has 0 saturated heterocycles. The van der Waals surface area contributed by atoms with Crippen molar-refractivity contribution >= 4 is 15.9 Å². The van der Waals surface area contributed by atoms with Gasteiger partial charge in [-0.1, -0.05) is 45.8 Å². The number of hydrogen-bond acceptors (Lipinski definition) is 1. The maximum absolute atomic E-state index is 5.79. The Morgan fingerprint density at radius 1 is 1.06 bits per heavy atom. The molecule has 0 aliphatic carbocycles. The fourth-order valence-electron chi connectivity index (χ4n) is 1.63. The number of aryl methyl sites for hydroxylation is 2. The van der Waals surface area contributed by atoms with Crippen molar-refractivity contribution in [2.24, 2.45) is 0 Å². The first-order valence-electron chi connectivity index (χ1n) is 5.51. The molecule has 0 amide bonds. The van der Waals surface area contributed by atoms with Gasteiger partial charge in [-0.3, -0.25) is 0 Å². The maximum Gasteiger partial charge on any atom is 0.134 e. The van der Waals surface area contributed by atoms with Crippen LogP contribution in [-0.2, 0) is 6.42 Å². The Morgan fingerprint density at radius 3 is 2.50 bits per heavy atom. The summed E-state index contributed by atoms with van der Waals surface area (Å²) >= 11 is 3.42. The van der Waals surface area contributed by atoms with E-state index in [1.54, 1.807) is 0 Å². The fourth-order valence-corrected chi connectivity index (χ4v) is 1.91. The summed E-state index contributed by atoms with van der Waals surface area (Å²) in [5.41, 5.74) is 2.42. The van der Waals surface area contributed by atoms with Gasteiger partial charge in [0.05, 0.1) is 0 Å². The third-order valence-electron chi connectivity index (χ3n) is 2.55. The largest absolute Gasteiger partial charge is 0.461 e. The minimum Gasteiger partial charge on any atom is -0.461 e. The molecule has 1 aromatic heterocycles. The van der Waals surface area contributed by atoms with Gasteiger partial charge in [-0.25, -0.2) is 0 Å². The third-order valence-corrected chi connectivity index (χ3v) is 3.12. The SMILES string of the molecule is Cc1ccc(-c2ccc(CCCBr)o2)cc1. The smallest absolute Gasteiger partial charge is 0.134 e. The maximum atomic E-state index is 5.79. The second-order valence-electron chi connectivity index (χ2n) is 3.92. The van der Waals surface area contributed by atoms with Crippen molar-refractivity contribution in [2.75, 3.05) is 5.33 Å². The van der Waals surface area contributed by atoms with E-state index in [4.69, 9.17) is 4.42 Å². The lowest BCUT2D eigenvalue weighted by atomic mass is 10.1. The molecule has 0 bridgehead atoms. The van der Waals surface area contributed by atoms with E-state index in [0.29, 0.717) is 0 Å².